The first-order chi connectivity index (χ1) is 6.36. The van der Waals surface area contributed by atoms with Crippen LogP contribution in [0.1, 0.15) is 0 Å². The summed E-state index contributed by atoms with van der Waals surface area (Å²) >= 11 is 0. The molecule has 1 fully saturated rings. The zero-order chi connectivity index (χ0) is 8.84. The SMILES string of the molecule is O=C1NCC2=CC=C3NC=CN3C12. The monoisotopic (exact) mass is 175 g/mol. The van der Waals surface area contributed by atoms with E-state index >= 15 is 0 Å². The molecule has 13 heavy (non-hydrogen) atoms. The van der Waals surface area contributed by atoms with E-state index in [1.54, 1.807) is 0 Å². The van der Waals surface area contributed by atoms with Gasteiger partial charge in [-0.25, -0.2) is 0 Å². The first-order valence-electron chi connectivity index (χ1n) is 4.26. The fraction of sp³-hybridized carbons (Fsp3) is 0.222. The van der Waals surface area contributed by atoms with Gasteiger partial charge in [0, 0.05) is 18.9 Å². The average Bonchev–Trinajstić information content (AvgIpc) is 2.70. The maximum atomic E-state index is 11.5. The van der Waals surface area contributed by atoms with E-state index in [-0.39, 0.29) is 11.9 Å². The van der Waals surface area contributed by atoms with Crippen molar-refractivity contribution in [2.45, 2.75) is 6.04 Å². The zero-order valence-corrected chi connectivity index (χ0v) is 6.95. The van der Waals surface area contributed by atoms with Gasteiger partial charge in [0.15, 0.2) is 0 Å². The van der Waals surface area contributed by atoms with E-state index in [9.17, 15) is 4.79 Å². The fourth-order valence-electron chi connectivity index (χ4n) is 1.91. The van der Waals surface area contributed by atoms with Crippen molar-refractivity contribution in [3.05, 3.63) is 35.9 Å². The highest BCUT2D eigenvalue weighted by Crippen LogP contribution is 2.26. The quantitative estimate of drug-likeness (QED) is 0.528. The topological polar surface area (TPSA) is 44.4 Å². The van der Waals surface area contributed by atoms with E-state index < -0.39 is 0 Å². The van der Waals surface area contributed by atoms with Gasteiger partial charge in [-0.15, -0.1) is 0 Å². The van der Waals surface area contributed by atoms with Gasteiger partial charge < -0.3 is 15.5 Å². The fourth-order valence-corrected chi connectivity index (χ4v) is 1.91. The largest absolute Gasteiger partial charge is 0.350 e. The number of hydrogen-bond donors (Lipinski definition) is 2. The molecule has 1 amide bonds. The Morgan fingerprint density at radius 2 is 2.38 bits per heavy atom. The summed E-state index contributed by atoms with van der Waals surface area (Å²) in [5.74, 6) is 1.07. The predicted molar refractivity (Wildman–Crippen MR) is 47.1 cm³/mol. The van der Waals surface area contributed by atoms with Crippen molar-refractivity contribution in [3.8, 4) is 0 Å². The number of amides is 1. The van der Waals surface area contributed by atoms with Crippen LogP contribution < -0.4 is 10.6 Å². The zero-order valence-electron chi connectivity index (χ0n) is 6.95. The number of nitrogens with zero attached hydrogens (tertiary/aromatic N) is 1. The Hall–Kier alpha value is -1.71. The van der Waals surface area contributed by atoms with E-state index in [1.165, 1.54) is 0 Å². The highest BCUT2D eigenvalue weighted by atomic mass is 16.2. The van der Waals surface area contributed by atoms with Gasteiger partial charge in [-0.2, -0.15) is 0 Å². The van der Waals surface area contributed by atoms with Crippen molar-refractivity contribution in [3.63, 3.8) is 0 Å². The smallest absolute Gasteiger partial charge is 0.247 e. The summed E-state index contributed by atoms with van der Waals surface area (Å²) in [4.78, 5) is 13.4. The Balaban J connectivity index is 2.07. The number of allylic oxidation sites excluding steroid dienone is 2. The molecule has 3 rings (SSSR count). The minimum absolute atomic E-state index is 0.0881. The van der Waals surface area contributed by atoms with E-state index in [1.807, 2.05) is 29.5 Å². The number of rotatable bonds is 0. The van der Waals surface area contributed by atoms with Gasteiger partial charge in [0.1, 0.15) is 11.9 Å². The summed E-state index contributed by atoms with van der Waals surface area (Å²) in [5, 5.41) is 5.90. The lowest BCUT2D eigenvalue weighted by atomic mass is 10.1. The van der Waals surface area contributed by atoms with Gasteiger partial charge >= 0.3 is 0 Å². The molecule has 66 valence electrons. The number of carbonyl (C=O) groups is 1. The molecule has 1 unspecified atom stereocenters. The summed E-state index contributed by atoms with van der Waals surface area (Å²) in [5.41, 5.74) is 1.14. The third-order valence-corrected chi connectivity index (χ3v) is 2.54. The molecular formula is C9H9N3O. The predicted octanol–water partition coefficient (Wildman–Crippen LogP) is -0.357. The Bertz CT molecular complexity index is 367. The normalized spacial score (nSPS) is 28.8. The van der Waals surface area contributed by atoms with Gasteiger partial charge in [0.2, 0.25) is 5.91 Å². The average molecular weight is 175 g/mol. The molecule has 0 aromatic carbocycles. The van der Waals surface area contributed by atoms with Crippen LogP contribution in [0.2, 0.25) is 0 Å². The molecule has 0 saturated carbocycles. The van der Waals surface area contributed by atoms with Crippen LogP contribution >= 0.6 is 0 Å². The van der Waals surface area contributed by atoms with Gasteiger partial charge in [0.25, 0.3) is 0 Å². The minimum atomic E-state index is -0.119. The molecular weight excluding hydrogens is 166 g/mol. The number of hydrogen-bond acceptors (Lipinski definition) is 3. The standard InChI is InChI=1S/C9H9N3O/c13-9-8-6(5-11-9)1-2-7-10-3-4-12(7)8/h1-4,8,10H,5H2,(H,11,13). The number of carbonyl (C=O) groups excluding carboxylic acids is 1. The first kappa shape index (κ1) is 6.77. The third-order valence-electron chi connectivity index (χ3n) is 2.54. The summed E-state index contributed by atoms with van der Waals surface area (Å²) in [7, 11) is 0. The maximum absolute atomic E-state index is 11.5. The van der Waals surface area contributed by atoms with Gasteiger partial charge in [-0.3, -0.25) is 4.79 Å². The van der Waals surface area contributed by atoms with E-state index in [0.29, 0.717) is 6.54 Å². The van der Waals surface area contributed by atoms with Crippen LogP contribution in [0.3, 0.4) is 0 Å². The summed E-state index contributed by atoms with van der Waals surface area (Å²) in [6.45, 7) is 0.678. The first-order valence-corrected chi connectivity index (χ1v) is 4.26. The maximum Gasteiger partial charge on any atom is 0.247 e. The van der Waals surface area contributed by atoms with Crippen molar-refractivity contribution in [1.29, 1.82) is 0 Å². The molecule has 0 aliphatic carbocycles. The lowest BCUT2D eigenvalue weighted by Crippen LogP contribution is -2.38. The lowest BCUT2D eigenvalue weighted by molar-refractivity contribution is -0.121. The second-order valence-corrected chi connectivity index (χ2v) is 3.28. The van der Waals surface area contributed by atoms with Crippen LogP contribution in [0, 0.1) is 0 Å². The molecule has 0 radical (unpaired) electrons. The van der Waals surface area contributed by atoms with Crippen molar-refractivity contribution in [2.24, 2.45) is 0 Å². The van der Waals surface area contributed by atoms with Crippen molar-refractivity contribution < 1.29 is 4.79 Å². The van der Waals surface area contributed by atoms with E-state index in [2.05, 4.69) is 10.6 Å². The molecule has 0 aromatic rings. The second-order valence-electron chi connectivity index (χ2n) is 3.28. The van der Waals surface area contributed by atoms with E-state index in [0.717, 1.165) is 11.4 Å². The summed E-state index contributed by atoms with van der Waals surface area (Å²) < 4.78 is 0. The molecule has 1 saturated heterocycles. The Labute approximate surface area is 75.6 Å². The summed E-state index contributed by atoms with van der Waals surface area (Å²) in [6, 6.07) is -0.119. The van der Waals surface area contributed by atoms with Gasteiger partial charge in [0.05, 0.1) is 0 Å². The highest BCUT2D eigenvalue weighted by Gasteiger charge is 2.37. The van der Waals surface area contributed by atoms with Crippen molar-refractivity contribution in [2.75, 3.05) is 6.54 Å². The van der Waals surface area contributed by atoms with Gasteiger partial charge in [-0.1, -0.05) is 6.08 Å². The molecule has 1 atom stereocenters. The molecule has 4 nitrogen and oxygen atoms in total. The second kappa shape index (κ2) is 2.16. The molecule has 0 bridgehead atoms. The number of nitrogens with one attached hydrogen (secondary N) is 2. The van der Waals surface area contributed by atoms with Crippen LogP contribution in [-0.2, 0) is 4.79 Å². The molecule has 2 N–H and O–H groups in total. The molecule has 4 heteroatoms. The van der Waals surface area contributed by atoms with Crippen LogP contribution in [0.25, 0.3) is 0 Å². The van der Waals surface area contributed by atoms with Crippen molar-refractivity contribution >= 4 is 5.91 Å². The minimum Gasteiger partial charge on any atom is -0.350 e. The van der Waals surface area contributed by atoms with Crippen LogP contribution in [-0.4, -0.2) is 23.4 Å². The van der Waals surface area contributed by atoms with Crippen LogP contribution in [0.5, 0.6) is 0 Å². The Morgan fingerprint density at radius 1 is 1.46 bits per heavy atom. The molecule has 0 aromatic heterocycles. The Kier molecular flexibility index (Phi) is 1.12. The molecule has 3 aliphatic heterocycles. The third kappa shape index (κ3) is 0.771. The highest BCUT2D eigenvalue weighted by molar-refractivity contribution is 5.89. The number of fused-ring (bicyclic) bond motifs is 3. The Morgan fingerprint density at radius 3 is 3.31 bits per heavy atom. The van der Waals surface area contributed by atoms with Crippen LogP contribution in [0.15, 0.2) is 35.9 Å². The lowest BCUT2D eigenvalue weighted by Gasteiger charge is -2.26. The summed E-state index contributed by atoms with van der Waals surface area (Å²) in [6.07, 6.45) is 7.74. The van der Waals surface area contributed by atoms with Crippen molar-refractivity contribution in [1.82, 2.24) is 15.5 Å². The van der Waals surface area contributed by atoms with Crippen LogP contribution in [0.4, 0.5) is 0 Å². The van der Waals surface area contributed by atoms with E-state index in [4.69, 9.17) is 0 Å². The molecule has 3 aliphatic rings. The molecule has 3 heterocycles. The van der Waals surface area contributed by atoms with Gasteiger partial charge in [-0.05, 0) is 11.6 Å². The molecule has 0 spiro atoms.